The first-order valence-electron chi connectivity index (χ1n) is 6.86. The highest BCUT2D eigenvalue weighted by Crippen LogP contribution is 2.38. The van der Waals surface area contributed by atoms with Crippen molar-refractivity contribution in [2.45, 2.75) is 6.92 Å². The smallest absolute Gasteiger partial charge is 0.244 e. The molecule has 0 fully saturated rings. The predicted octanol–water partition coefficient (Wildman–Crippen LogP) is 1.38. The number of fused-ring (bicyclic) bond motifs is 1. The number of carbonyl (C=O) groups excluding carboxylic acids is 2. The van der Waals surface area contributed by atoms with Crippen LogP contribution in [0.4, 0.5) is 0 Å². The van der Waals surface area contributed by atoms with E-state index in [-0.39, 0.29) is 11.8 Å². The maximum absolute atomic E-state index is 11.6. The average Bonchev–Trinajstić information content (AvgIpc) is 2.49. The number of halogens is 1. The molecule has 1 aromatic carbocycles. The molecular weight excluding hydrogens is 308 g/mol. The summed E-state index contributed by atoms with van der Waals surface area (Å²) in [6.07, 6.45) is 3.04. The molecule has 0 aromatic heterocycles. The van der Waals surface area contributed by atoms with Crippen molar-refractivity contribution in [3.63, 3.8) is 0 Å². The van der Waals surface area contributed by atoms with Crippen molar-refractivity contribution >= 4 is 29.5 Å². The Labute approximate surface area is 133 Å². The fraction of sp³-hybridized carbons (Fsp3) is 0.333. The highest BCUT2D eigenvalue weighted by molar-refractivity contribution is 6.32. The van der Waals surface area contributed by atoms with Crippen LogP contribution < -0.4 is 20.1 Å². The lowest BCUT2D eigenvalue weighted by atomic mass is 10.1. The maximum Gasteiger partial charge on any atom is 0.244 e. The zero-order valence-electron chi connectivity index (χ0n) is 12.1. The number of nitrogens with one attached hydrogen (secondary N) is 2. The highest BCUT2D eigenvalue weighted by atomic mass is 35.5. The van der Waals surface area contributed by atoms with E-state index in [9.17, 15) is 9.59 Å². The van der Waals surface area contributed by atoms with Crippen LogP contribution in [-0.2, 0) is 9.59 Å². The standard InChI is InChI=1S/C15H17ClN2O4/c1-10(19)17-4-5-18-14(20)3-2-11-8-12(16)15-13(9-11)21-6-7-22-15/h2-3,8-9H,4-7H2,1H3,(H,17,19)(H,18,20). The molecule has 0 radical (unpaired) electrons. The van der Waals surface area contributed by atoms with Crippen LogP contribution >= 0.6 is 11.6 Å². The summed E-state index contributed by atoms with van der Waals surface area (Å²) in [7, 11) is 0. The largest absolute Gasteiger partial charge is 0.486 e. The molecule has 2 N–H and O–H groups in total. The van der Waals surface area contributed by atoms with Crippen molar-refractivity contribution in [2.24, 2.45) is 0 Å². The summed E-state index contributed by atoms with van der Waals surface area (Å²) >= 11 is 6.12. The molecule has 6 nitrogen and oxygen atoms in total. The first kappa shape index (κ1) is 16.2. The third-order valence-electron chi connectivity index (χ3n) is 2.84. The van der Waals surface area contributed by atoms with Crippen LogP contribution in [0.3, 0.4) is 0 Å². The molecule has 118 valence electrons. The molecule has 2 rings (SSSR count). The number of amides is 2. The minimum atomic E-state index is -0.253. The molecule has 1 heterocycles. The fourth-order valence-corrected chi connectivity index (χ4v) is 2.16. The monoisotopic (exact) mass is 324 g/mol. The number of rotatable bonds is 5. The Kier molecular flexibility index (Phi) is 5.66. The van der Waals surface area contributed by atoms with Crippen molar-refractivity contribution in [1.29, 1.82) is 0 Å². The van der Waals surface area contributed by atoms with Crippen molar-refractivity contribution in [2.75, 3.05) is 26.3 Å². The van der Waals surface area contributed by atoms with Gasteiger partial charge in [-0.15, -0.1) is 0 Å². The van der Waals surface area contributed by atoms with Gasteiger partial charge in [-0.1, -0.05) is 11.6 Å². The van der Waals surface area contributed by atoms with Gasteiger partial charge in [-0.2, -0.15) is 0 Å². The normalized spacial score (nSPS) is 13.0. The molecule has 0 saturated carbocycles. The SMILES string of the molecule is CC(=O)NCCNC(=O)C=Cc1cc(Cl)c2c(c1)OCCO2. The Morgan fingerprint density at radius 1 is 1.23 bits per heavy atom. The van der Waals surface area contributed by atoms with E-state index in [2.05, 4.69) is 10.6 Å². The Morgan fingerprint density at radius 2 is 1.95 bits per heavy atom. The zero-order chi connectivity index (χ0) is 15.9. The maximum atomic E-state index is 11.6. The number of ether oxygens (including phenoxy) is 2. The van der Waals surface area contributed by atoms with Gasteiger partial charge in [0.1, 0.15) is 13.2 Å². The van der Waals surface area contributed by atoms with E-state index >= 15 is 0 Å². The van der Waals surface area contributed by atoms with Crippen LogP contribution in [0, 0.1) is 0 Å². The lowest BCUT2D eigenvalue weighted by molar-refractivity contribution is -0.119. The summed E-state index contributed by atoms with van der Waals surface area (Å²) in [6, 6.07) is 3.47. The van der Waals surface area contributed by atoms with Crippen LogP contribution in [0.2, 0.25) is 5.02 Å². The molecule has 1 aliphatic heterocycles. The van der Waals surface area contributed by atoms with Gasteiger partial charge in [-0.3, -0.25) is 9.59 Å². The van der Waals surface area contributed by atoms with Gasteiger partial charge in [0.15, 0.2) is 11.5 Å². The van der Waals surface area contributed by atoms with Gasteiger partial charge in [0, 0.05) is 26.1 Å². The van der Waals surface area contributed by atoms with E-state index in [0.717, 1.165) is 5.56 Å². The fourth-order valence-electron chi connectivity index (χ4n) is 1.88. The topological polar surface area (TPSA) is 76.7 Å². The van der Waals surface area contributed by atoms with Gasteiger partial charge >= 0.3 is 0 Å². The average molecular weight is 325 g/mol. The Hall–Kier alpha value is -2.21. The molecule has 1 aliphatic rings. The van der Waals surface area contributed by atoms with E-state index in [1.54, 1.807) is 18.2 Å². The number of carbonyl (C=O) groups is 2. The summed E-state index contributed by atoms with van der Waals surface area (Å²) in [5, 5.41) is 5.69. The van der Waals surface area contributed by atoms with E-state index in [0.29, 0.717) is 42.8 Å². The van der Waals surface area contributed by atoms with Gasteiger partial charge < -0.3 is 20.1 Å². The minimum Gasteiger partial charge on any atom is -0.486 e. The van der Waals surface area contributed by atoms with Crippen LogP contribution in [0.15, 0.2) is 18.2 Å². The minimum absolute atomic E-state index is 0.129. The summed E-state index contributed by atoms with van der Waals surface area (Å²) in [5.74, 6) is 0.723. The second-order valence-corrected chi connectivity index (χ2v) is 5.04. The lowest BCUT2D eigenvalue weighted by Crippen LogP contribution is -2.32. The first-order valence-corrected chi connectivity index (χ1v) is 7.23. The van der Waals surface area contributed by atoms with E-state index in [1.807, 2.05) is 0 Å². The predicted molar refractivity (Wildman–Crippen MR) is 83.2 cm³/mol. The molecule has 0 unspecified atom stereocenters. The Bertz CT molecular complexity index is 601. The molecular formula is C15H17ClN2O4. The molecule has 0 atom stereocenters. The molecule has 0 saturated heterocycles. The van der Waals surface area contributed by atoms with Gasteiger partial charge in [0.2, 0.25) is 11.8 Å². The van der Waals surface area contributed by atoms with Crippen molar-refractivity contribution < 1.29 is 19.1 Å². The number of hydrogen-bond donors (Lipinski definition) is 2. The molecule has 0 spiro atoms. The number of hydrogen-bond acceptors (Lipinski definition) is 4. The molecule has 0 bridgehead atoms. The van der Waals surface area contributed by atoms with E-state index < -0.39 is 0 Å². The van der Waals surface area contributed by atoms with Gasteiger partial charge in [-0.05, 0) is 23.8 Å². The van der Waals surface area contributed by atoms with Crippen LogP contribution in [0.25, 0.3) is 6.08 Å². The van der Waals surface area contributed by atoms with Crippen molar-refractivity contribution in [3.05, 3.63) is 28.8 Å². The summed E-state index contributed by atoms with van der Waals surface area (Å²) in [4.78, 5) is 22.3. The second kappa shape index (κ2) is 7.70. The first-order chi connectivity index (χ1) is 10.6. The van der Waals surface area contributed by atoms with E-state index in [4.69, 9.17) is 21.1 Å². The summed E-state index contributed by atoms with van der Waals surface area (Å²) in [5.41, 5.74) is 0.742. The highest BCUT2D eigenvalue weighted by Gasteiger charge is 2.15. The molecule has 1 aromatic rings. The van der Waals surface area contributed by atoms with Crippen LogP contribution in [-0.4, -0.2) is 38.1 Å². The van der Waals surface area contributed by atoms with Crippen molar-refractivity contribution in [3.8, 4) is 11.5 Å². The van der Waals surface area contributed by atoms with Gasteiger partial charge in [0.25, 0.3) is 0 Å². The molecule has 0 aliphatic carbocycles. The summed E-state index contributed by atoms with van der Waals surface area (Å²) in [6.45, 7) is 3.13. The van der Waals surface area contributed by atoms with Crippen molar-refractivity contribution in [1.82, 2.24) is 10.6 Å². The third kappa shape index (κ3) is 4.66. The van der Waals surface area contributed by atoms with Gasteiger partial charge in [-0.25, -0.2) is 0 Å². The quantitative estimate of drug-likeness (QED) is 0.633. The second-order valence-electron chi connectivity index (χ2n) is 4.63. The molecule has 2 amide bonds. The van der Waals surface area contributed by atoms with Crippen LogP contribution in [0.5, 0.6) is 11.5 Å². The van der Waals surface area contributed by atoms with Crippen LogP contribution in [0.1, 0.15) is 12.5 Å². The summed E-state index contributed by atoms with van der Waals surface area (Å²) < 4.78 is 10.9. The number of benzene rings is 1. The zero-order valence-corrected chi connectivity index (χ0v) is 12.9. The van der Waals surface area contributed by atoms with Gasteiger partial charge in [0.05, 0.1) is 5.02 Å². The lowest BCUT2D eigenvalue weighted by Gasteiger charge is -2.19. The van der Waals surface area contributed by atoms with E-state index in [1.165, 1.54) is 13.0 Å². The third-order valence-corrected chi connectivity index (χ3v) is 3.13. The Balaban J connectivity index is 1.91. The molecule has 7 heteroatoms. The Morgan fingerprint density at radius 3 is 2.73 bits per heavy atom. The molecule has 22 heavy (non-hydrogen) atoms.